The quantitative estimate of drug-likeness (QED) is 0.219. The number of hydrogen-bond donors (Lipinski definition) is 1. The van der Waals surface area contributed by atoms with Crippen LogP contribution in [0.3, 0.4) is 0 Å². The first-order chi connectivity index (χ1) is 14.8. The number of non-ortho nitro benzene ring substituents is 1. The minimum absolute atomic E-state index is 0.0497. The van der Waals surface area contributed by atoms with Gasteiger partial charge in [0.1, 0.15) is 28.9 Å². The number of benzene rings is 2. The minimum Gasteiger partial charge on any atom is -0.495 e. The van der Waals surface area contributed by atoms with Gasteiger partial charge in [0.25, 0.3) is 11.6 Å². The maximum atomic E-state index is 12.6. The van der Waals surface area contributed by atoms with Crippen LogP contribution in [0.25, 0.3) is 17.4 Å². The SMILES string of the molecule is COc1ccc([N+](=O)[O-])cc1NC(=O)C(C#N)=Cc1ccc(-c2cc(Cl)ccc2Cl)o1. The molecule has 0 aliphatic carbocycles. The van der Waals surface area contributed by atoms with Crippen molar-refractivity contribution >= 4 is 46.6 Å². The molecule has 0 aliphatic heterocycles. The van der Waals surface area contributed by atoms with E-state index in [4.69, 9.17) is 32.4 Å². The van der Waals surface area contributed by atoms with E-state index in [9.17, 15) is 20.2 Å². The lowest BCUT2D eigenvalue weighted by Gasteiger charge is -2.09. The van der Waals surface area contributed by atoms with Gasteiger partial charge in [-0.25, -0.2) is 0 Å². The van der Waals surface area contributed by atoms with Gasteiger partial charge < -0.3 is 14.5 Å². The first-order valence-corrected chi connectivity index (χ1v) is 9.39. The topological polar surface area (TPSA) is 118 Å². The Morgan fingerprint density at radius 3 is 2.68 bits per heavy atom. The fourth-order valence-electron chi connectivity index (χ4n) is 2.65. The maximum Gasteiger partial charge on any atom is 0.271 e. The van der Waals surface area contributed by atoms with Crippen LogP contribution in [-0.2, 0) is 4.79 Å². The summed E-state index contributed by atoms with van der Waals surface area (Å²) in [5.74, 6) is 0.0349. The Labute approximate surface area is 186 Å². The molecule has 2 aromatic carbocycles. The molecule has 0 atom stereocenters. The van der Waals surface area contributed by atoms with Crippen molar-refractivity contribution in [2.45, 2.75) is 0 Å². The highest BCUT2D eigenvalue weighted by molar-refractivity contribution is 6.35. The number of rotatable bonds is 6. The number of nitrogens with zero attached hydrogens (tertiary/aromatic N) is 2. The monoisotopic (exact) mass is 457 g/mol. The lowest BCUT2D eigenvalue weighted by molar-refractivity contribution is -0.384. The van der Waals surface area contributed by atoms with E-state index >= 15 is 0 Å². The van der Waals surface area contributed by atoms with Crippen molar-refractivity contribution in [1.82, 2.24) is 0 Å². The summed E-state index contributed by atoms with van der Waals surface area (Å²) in [4.78, 5) is 22.9. The summed E-state index contributed by atoms with van der Waals surface area (Å²) in [5, 5.41) is 23.7. The van der Waals surface area contributed by atoms with Gasteiger partial charge in [-0.05, 0) is 36.4 Å². The molecular formula is C21H13Cl2N3O5. The largest absolute Gasteiger partial charge is 0.495 e. The Hall–Kier alpha value is -3.80. The van der Waals surface area contributed by atoms with Gasteiger partial charge in [-0.2, -0.15) is 5.26 Å². The number of anilines is 1. The Morgan fingerprint density at radius 1 is 1.23 bits per heavy atom. The van der Waals surface area contributed by atoms with Crippen LogP contribution in [0.15, 0.2) is 58.5 Å². The summed E-state index contributed by atoms with van der Waals surface area (Å²) in [7, 11) is 1.35. The zero-order valence-electron chi connectivity index (χ0n) is 15.9. The number of furan rings is 1. The van der Waals surface area contributed by atoms with Crippen molar-refractivity contribution in [3.8, 4) is 23.1 Å². The third kappa shape index (κ3) is 5.04. The van der Waals surface area contributed by atoms with Crippen LogP contribution in [0.2, 0.25) is 10.0 Å². The summed E-state index contributed by atoms with van der Waals surface area (Å²) < 4.78 is 10.8. The van der Waals surface area contributed by atoms with Crippen molar-refractivity contribution in [1.29, 1.82) is 5.26 Å². The van der Waals surface area contributed by atoms with Gasteiger partial charge in [-0.15, -0.1) is 0 Å². The van der Waals surface area contributed by atoms with E-state index in [-0.39, 0.29) is 28.5 Å². The van der Waals surface area contributed by atoms with Crippen LogP contribution in [-0.4, -0.2) is 17.9 Å². The van der Waals surface area contributed by atoms with Gasteiger partial charge in [0.2, 0.25) is 0 Å². The number of nitro groups is 1. The van der Waals surface area contributed by atoms with Crippen LogP contribution in [0.4, 0.5) is 11.4 Å². The van der Waals surface area contributed by atoms with E-state index < -0.39 is 10.8 Å². The Morgan fingerprint density at radius 2 is 2.00 bits per heavy atom. The zero-order chi connectivity index (χ0) is 22.5. The van der Waals surface area contributed by atoms with Crippen LogP contribution in [0.5, 0.6) is 5.75 Å². The predicted molar refractivity (Wildman–Crippen MR) is 116 cm³/mol. The number of methoxy groups -OCH3 is 1. The number of hydrogen-bond acceptors (Lipinski definition) is 6. The summed E-state index contributed by atoms with van der Waals surface area (Å²) in [5.41, 5.74) is 0.0751. The first kappa shape index (κ1) is 21.9. The van der Waals surface area contributed by atoms with E-state index in [1.54, 1.807) is 36.4 Å². The molecule has 1 N–H and O–H groups in total. The van der Waals surface area contributed by atoms with Crippen molar-refractivity contribution in [2.24, 2.45) is 0 Å². The van der Waals surface area contributed by atoms with Crippen LogP contribution in [0.1, 0.15) is 5.76 Å². The number of amides is 1. The van der Waals surface area contributed by atoms with Gasteiger partial charge in [-0.3, -0.25) is 14.9 Å². The maximum absolute atomic E-state index is 12.6. The highest BCUT2D eigenvalue weighted by Crippen LogP contribution is 2.33. The third-order valence-electron chi connectivity index (χ3n) is 4.11. The van der Waals surface area contributed by atoms with Gasteiger partial charge in [0.05, 0.1) is 22.7 Å². The average Bonchev–Trinajstić information content (AvgIpc) is 3.21. The molecule has 0 saturated carbocycles. The molecule has 1 aromatic heterocycles. The lowest BCUT2D eigenvalue weighted by Crippen LogP contribution is -2.14. The number of carbonyl (C=O) groups excluding carboxylic acids is 1. The third-order valence-corrected chi connectivity index (χ3v) is 4.68. The average molecular weight is 458 g/mol. The molecule has 10 heteroatoms. The van der Waals surface area contributed by atoms with E-state index in [0.29, 0.717) is 21.4 Å². The second-order valence-corrected chi connectivity index (χ2v) is 6.94. The van der Waals surface area contributed by atoms with E-state index in [1.165, 1.54) is 25.3 Å². The molecule has 0 radical (unpaired) electrons. The molecule has 156 valence electrons. The number of carbonyl (C=O) groups is 1. The van der Waals surface area contributed by atoms with Crippen LogP contribution < -0.4 is 10.1 Å². The van der Waals surface area contributed by atoms with Crippen molar-refractivity contribution < 1.29 is 18.9 Å². The van der Waals surface area contributed by atoms with Gasteiger partial charge in [-0.1, -0.05) is 23.2 Å². The lowest BCUT2D eigenvalue weighted by atomic mass is 10.2. The normalized spacial score (nSPS) is 11.0. The minimum atomic E-state index is -0.792. The van der Waals surface area contributed by atoms with E-state index in [0.717, 1.165) is 6.07 Å². The Balaban J connectivity index is 1.88. The second-order valence-electron chi connectivity index (χ2n) is 6.09. The Bertz CT molecular complexity index is 1240. The van der Waals surface area contributed by atoms with Crippen molar-refractivity contribution in [3.63, 3.8) is 0 Å². The summed E-state index contributed by atoms with van der Waals surface area (Å²) in [6, 6.07) is 13.6. The van der Waals surface area contributed by atoms with Crippen molar-refractivity contribution in [2.75, 3.05) is 12.4 Å². The molecule has 3 aromatic rings. The summed E-state index contributed by atoms with van der Waals surface area (Å²) >= 11 is 12.2. The molecule has 0 spiro atoms. The second kappa shape index (κ2) is 9.34. The van der Waals surface area contributed by atoms with Crippen LogP contribution >= 0.6 is 23.2 Å². The predicted octanol–water partition coefficient (Wildman–Crippen LogP) is 5.72. The highest BCUT2D eigenvalue weighted by Gasteiger charge is 2.17. The molecular weight excluding hydrogens is 445 g/mol. The number of nitro benzene ring substituents is 1. The number of ether oxygens (including phenoxy) is 1. The van der Waals surface area contributed by atoms with E-state index in [1.807, 2.05) is 0 Å². The molecule has 8 nitrogen and oxygen atoms in total. The molecule has 0 unspecified atom stereocenters. The standard InChI is InChI=1S/C21H13Cl2N3O5/c1-30-20-6-3-14(26(28)29)10-18(20)25-21(27)12(11-24)8-15-4-7-19(31-15)16-9-13(22)2-5-17(16)23/h2-10H,1H3,(H,25,27). The van der Waals surface area contributed by atoms with Crippen molar-refractivity contribution in [3.05, 3.63) is 80.0 Å². The summed E-state index contributed by atoms with van der Waals surface area (Å²) in [6.45, 7) is 0. The smallest absolute Gasteiger partial charge is 0.271 e. The van der Waals surface area contributed by atoms with E-state index in [2.05, 4.69) is 5.32 Å². The zero-order valence-corrected chi connectivity index (χ0v) is 17.4. The van der Waals surface area contributed by atoms with Gasteiger partial charge in [0.15, 0.2) is 0 Å². The molecule has 0 saturated heterocycles. The molecule has 31 heavy (non-hydrogen) atoms. The van der Waals surface area contributed by atoms with Gasteiger partial charge in [0, 0.05) is 28.8 Å². The summed E-state index contributed by atoms with van der Waals surface area (Å²) in [6.07, 6.45) is 1.24. The Kier molecular flexibility index (Phi) is 6.60. The fourth-order valence-corrected chi connectivity index (χ4v) is 3.03. The molecule has 0 aliphatic rings. The number of halogens is 2. The first-order valence-electron chi connectivity index (χ1n) is 8.63. The van der Waals surface area contributed by atoms with Crippen LogP contribution in [0, 0.1) is 21.4 Å². The molecule has 0 bridgehead atoms. The molecule has 1 amide bonds. The highest BCUT2D eigenvalue weighted by atomic mass is 35.5. The number of nitriles is 1. The number of nitrogens with one attached hydrogen (secondary N) is 1. The molecule has 3 rings (SSSR count). The van der Waals surface area contributed by atoms with Gasteiger partial charge >= 0.3 is 0 Å². The molecule has 1 heterocycles. The fraction of sp³-hybridized carbons (Fsp3) is 0.0476. The molecule has 0 fully saturated rings.